The zero-order chi connectivity index (χ0) is 11.7. The van der Waals surface area contributed by atoms with E-state index in [1.807, 2.05) is 18.7 Å². The summed E-state index contributed by atoms with van der Waals surface area (Å²) in [5.41, 5.74) is 0. The molecule has 1 aliphatic carbocycles. The summed E-state index contributed by atoms with van der Waals surface area (Å²) >= 11 is 0. The zero-order valence-electron chi connectivity index (χ0n) is 10.7. The van der Waals surface area contributed by atoms with Crippen molar-refractivity contribution in [1.82, 2.24) is 9.80 Å². The van der Waals surface area contributed by atoms with Gasteiger partial charge >= 0.3 is 0 Å². The van der Waals surface area contributed by atoms with Crippen molar-refractivity contribution in [1.29, 1.82) is 0 Å². The van der Waals surface area contributed by atoms with Crippen LogP contribution in [0.15, 0.2) is 0 Å². The molecule has 1 aliphatic heterocycles. The van der Waals surface area contributed by atoms with Crippen molar-refractivity contribution in [3.63, 3.8) is 0 Å². The molecule has 1 saturated carbocycles. The lowest BCUT2D eigenvalue weighted by molar-refractivity contribution is -0.121. The van der Waals surface area contributed by atoms with Gasteiger partial charge in [0.15, 0.2) is 0 Å². The van der Waals surface area contributed by atoms with E-state index < -0.39 is 0 Å². The van der Waals surface area contributed by atoms with E-state index in [9.17, 15) is 4.79 Å². The van der Waals surface area contributed by atoms with Crippen molar-refractivity contribution in [3.8, 4) is 0 Å². The smallest absolute Gasteiger partial charge is 0.210 e. The maximum atomic E-state index is 10.4. The molecule has 2 rings (SSSR count). The molecular weight excluding hydrogens is 188 g/mol. The molecule has 15 heavy (non-hydrogen) atoms. The van der Waals surface area contributed by atoms with Crippen LogP contribution < -0.4 is 0 Å². The van der Waals surface area contributed by atoms with Crippen LogP contribution in [0.3, 0.4) is 0 Å². The van der Waals surface area contributed by atoms with Crippen LogP contribution in [-0.2, 0) is 4.79 Å². The molecular formula is C12H26N2O. The summed E-state index contributed by atoms with van der Waals surface area (Å²) in [5, 5.41) is 0. The number of carbonyl (C=O) groups excluding carboxylic acids is 1. The second kappa shape index (κ2) is 8.72. The van der Waals surface area contributed by atoms with Gasteiger partial charge in [-0.3, -0.25) is 4.79 Å². The van der Waals surface area contributed by atoms with Crippen LogP contribution in [0.5, 0.6) is 0 Å². The van der Waals surface area contributed by atoms with E-state index >= 15 is 0 Å². The molecule has 0 radical (unpaired) electrons. The summed E-state index contributed by atoms with van der Waals surface area (Å²) < 4.78 is 0. The average Bonchev–Trinajstić information content (AvgIpc) is 3.08. The molecule has 2 aliphatic rings. The zero-order valence-corrected chi connectivity index (χ0v) is 10.7. The highest BCUT2D eigenvalue weighted by Crippen LogP contribution is 2.14. The molecule has 1 atom stereocenters. The maximum Gasteiger partial charge on any atom is 0.210 e. The molecule has 3 heteroatoms. The van der Waals surface area contributed by atoms with Gasteiger partial charge in [-0.1, -0.05) is 33.1 Å². The Kier molecular flexibility index (Phi) is 8.38. The largest absolute Gasteiger partial charge is 0.340 e. The van der Waals surface area contributed by atoms with Crippen molar-refractivity contribution < 1.29 is 4.79 Å². The first-order valence-corrected chi connectivity index (χ1v) is 6.13. The van der Waals surface area contributed by atoms with Gasteiger partial charge in [0.05, 0.1) is 0 Å². The Morgan fingerprint density at radius 1 is 1.13 bits per heavy atom. The highest BCUT2D eigenvalue weighted by molar-refractivity contribution is 5.47. The lowest BCUT2D eigenvalue weighted by Gasteiger charge is -2.35. The van der Waals surface area contributed by atoms with Crippen molar-refractivity contribution in [2.45, 2.75) is 46.1 Å². The molecule has 2 fully saturated rings. The van der Waals surface area contributed by atoms with Gasteiger partial charge in [-0.05, 0) is 14.0 Å². The van der Waals surface area contributed by atoms with E-state index in [1.54, 1.807) is 0 Å². The van der Waals surface area contributed by atoms with E-state index in [4.69, 9.17) is 0 Å². The van der Waals surface area contributed by atoms with E-state index in [0.29, 0.717) is 6.04 Å². The van der Waals surface area contributed by atoms with Gasteiger partial charge in [0.1, 0.15) is 0 Å². The summed E-state index contributed by atoms with van der Waals surface area (Å²) in [5.74, 6) is 0. The van der Waals surface area contributed by atoms with Gasteiger partial charge < -0.3 is 9.80 Å². The molecule has 0 aromatic carbocycles. The lowest BCUT2D eigenvalue weighted by Crippen LogP contribution is -2.49. The normalized spacial score (nSPS) is 24.3. The maximum absolute atomic E-state index is 10.4. The minimum absolute atomic E-state index is 0.385. The number of hydrogen-bond acceptors (Lipinski definition) is 2. The van der Waals surface area contributed by atoms with Crippen molar-refractivity contribution in [2.75, 3.05) is 26.7 Å². The summed E-state index contributed by atoms with van der Waals surface area (Å²) in [7, 11) is 2.08. The second-order valence-electron chi connectivity index (χ2n) is 4.02. The standard InChI is InChI=1S/C7H14N2O.C3H6.C2H6/c1-7-5-8(2)3-4-9(7)6-10;1-2-3-1;1-2/h6-7H,3-5H2,1-2H3;1-3H2;1-2H3. The highest BCUT2D eigenvalue weighted by Gasteiger charge is 2.18. The van der Waals surface area contributed by atoms with Crippen LogP contribution in [0.4, 0.5) is 0 Å². The molecule has 1 saturated heterocycles. The molecule has 0 aromatic heterocycles. The molecule has 90 valence electrons. The fourth-order valence-corrected chi connectivity index (χ4v) is 1.31. The minimum atomic E-state index is 0.385. The van der Waals surface area contributed by atoms with E-state index in [0.717, 1.165) is 26.0 Å². The van der Waals surface area contributed by atoms with E-state index in [1.165, 1.54) is 19.3 Å². The van der Waals surface area contributed by atoms with Crippen LogP contribution in [0.25, 0.3) is 0 Å². The van der Waals surface area contributed by atoms with Gasteiger partial charge in [0.25, 0.3) is 0 Å². The third-order valence-electron chi connectivity index (χ3n) is 2.37. The molecule has 1 heterocycles. The number of carbonyl (C=O) groups is 1. The molecule has 0 N–H and O–H groups in total. The molecule has 0 aromatic rings. The minimum Gasteiger partial charge on any atom is -0.340 e. The second-order valence-corrected chi connectivity index (χ2v) is 4.02. The summed E-state index contributed by atoms with van der Waals surface area (Å²) in [6.45, 7) is 8.95. The average molecular weight is 214 g/mol. The number of likely N-dealkylation sites (N-methyl/N-ethyl adjacent to an activating group) is 1. The Hall–Kier alpha value is -0.570. The Bertz CT molecular complexity index is 157. The van der Waals surface area contributed by atoms with Gasteiger partial charge in [0, 0.05) is 25.7 Å². The Labute approximate surface area is 94.4 Å². The third kappa shape index (κ3) is 7.37. The molecule has 1 unspecified atom stereocenters. The van der Waals surface area contributed by atoms with E-state index in [2.05, 4.69) is 18.9 Å². The summed E-state index contributed by atoms with van der Waals surface area (Å²) in [6.07, 6.45) is 5.44. The van der Waals surface area contributed by atoms with Gasteiger partial charge in [-0.2, -0.15) is 0 Å². The van der Waals surface area contributed by atoms with Crippen molar-refractivity contribution >= 4 is 6.41 Å². The topological polar surface area (TPSA) is 23.6 Å². The van der Waals surface area contributed by atoms with Crippen LogP contribution in [0.1, 0.15) is 40.0 Å². The van der Waals surface area contributed by atoms with Crippen molar-refractivity contribution in [3.05, 3.63) is 0 Å². The Morgan fingerprint density at radius 2 is 1.67 bits per heavy atom. The first-order chi connectivity index (χ1) is 7.24. The van der Waals surface area contributed by atoms with Crippen molar-refractivity contribution in [2.24, 2.45) is 0 Å². The van der Waals surface area contributed by atoms with Gasteiger partial charge in [0.2, 0.25) is 6.41 Å². The number of piperazine rings is 1. The van der Waals surface area contributed by atoms with E-state index in [-0.39, 0.29) is 0 Å². The SMILES string of the molecule is C1CC1.CC.CC1CN(C)CCN1C=O. The Morgan fingerprint density at radius 3 is 2.00 bits per heavy atom. The highest BCUT2D eigenvalue weighted by atomic mass is 16.1. The fourth-order valence-electron chi connectivity index (χ4n) is 1.31. The first-order valence-electron chi connectivity index (χ1n) is 6.13. The summed E-state index contributed by atoms with van der Waals surface area (Å²) in [4.78, 5) is 14.5. The predicted octanol–water partition coefficient (Wildman–Crippen LogP) is 1.98. The molecule has 0 spiro atoms. The molecule has 3 nitrogen and oxygen atoms in total. The number of nitrogens with zero attached hydrogens (tertiary/aromatic N) is 2. The third-order valence-corrected chi connectivity index (χ3v) is 2.37. The van der Waals surface area contributed by atoms with Gasteiger partial charge in [-0.25, -0.2) is 0 Å². The fraction of sp³-hybridized carbons (Fsp3) is 0.917. The number of hydrogen-bond donors (Lipinski definition) is 0. The Balaban J connectivity index is 0.000000326. The first kappa shape index (κ1) is 14.4. The predicted molar refractivity (Wildman–Crippen MR) is 64.9 cm³/mol. The number of amides is 1. The van der Waals surface area contributed by atoms with Crippen LogP contribution in [-0.4, -0.2) is 48.9 Å². The summed E-state index contributed by atoms with van der Waals surface area (Å²) in [6, 6.07) is 0.385. The lowest BCUT2D eigenvalue weighted by atomic mass is 10.2. The number of rotatable bonds is 1. The van der Waals surface area contributed by atoms with Crippen LogP contribution in [0, 0.1) is 0 Å². The van der Waals surface area contributed by atoms with Crippen LogP contribution in [0.2, 0.25) is 0 Å². The molecule has 1 amide bonds. The van der Waals surface area contributed by atoms with Gasteiger partial charge in [-0.15, -0.1) is 0 Å². The quantitative estimate of drug-likeness (QED) is 0.623. The van der Waals surface area contributed by atoms with Crippen LogP contribution >= 0.6 is 0 Å². The monoisotopic (exact) mass is 214 g/mol. The molecule has 0 bridgehead atoms.